The SMILES string of the molecule is NC(c1ccn(Cc2cccc(Br)c2)c1)C1CC1. The lowest BCUT2D eigenvalue weighted by molar-refractivity contribution is 0.631. The number of aromatic nitrogens is 1. The Balaban J connectivity index is 1.73. The van der Waals surface area contributed by atoms with E-state index in [1.165, 1.54) is 24.0 Å². The average molecular weight is 305 g/mol. The quantitative estimate of drug-likeness (QED) is 0.917. The first kappa shape index (κ1) is 12.0. The number of hydrogen-bond acceptors (Lipinski definition) is 1. The first-order chi connectivity index (χ1) is 8.72. The van der Waals surface area contributed by atoms with Gasteiger partial charge in [0.25, 0.3) is 0 Å². The van der Waals surface area contributed by atoms with Crippen LogP contribution >= 0.6 is 15.9 Å². The van der Waals surface area contributed by atoms with Gasteiger partial charge in [0.15, 0.2) is 0 Å². The third-order valence-electron chi connectivity index (χ3n) is 3.54. The van der Waals surface area contributed by atoms with Crippen LogP contribution in [0.2, 0.25) is 0 Å². The van der Waals surface area contributed by atoms with Crippen molar-refractivity contribution in [2.45, 2.75) is 25.4 Å². The zero-order valence-electron chi connectivity index (χ0n) is 10.2. The van der Waals surface area contributed by atoms with Crippen LogP contribution in [0.3, 0.4) is 0 Å². The summed E-state index contributed by atoms with van der Waals surface area (Å²) < 4.78 is 3.33. The zero-order valence-corrected chi connectivity index (χ0v) is 11.8. The highest BCUT2D eigenvalue weighted by Crippen LogP contribution is 2.39. The molecule has 0 amide bonds. The third-order valence-corrected chi connectivity index (χ3v) is 4.04. The summed E-state index contributed by atoms with van der Waals surface area (Å²) in [4.78, 5) is 0. The molecule has 1 aromatic heterocycles. The first-order valence-electron chi connectivity index (χ1n) is 6.38. The smallest absolute Gasteiger partial charge is 0.0470 e. The van der Waals surface area contributed by atoms with E-state index in [0.717, 1.165) is 11.0 Å². The molecule has 1 atom stereocenters. The van der Waals surface area contributed by atoms with E-state index in [-0.39, 0.29) is 6.04 Å². The highest BCUT2D eigenvalue weighted by molar-refractivity contribution is 9.10. The molecule has 0 saturated heterocycles. The second-order valence-corrected chi connectivity index (χ2v) is 6.03. The second-order valence-electron chi connectivity index (χ2n) is 5.11. The Morgan fingerprint density at radius 3 is 2.89 bits per heavy atom. The Morgan fingerprint density at radius 2 is 2.17 bits per heavy atom. The van der Waals surface area contributed by atoms with Gasteiger partial charge in [-0.15, -0.1) is 0 Å². The van der Waals surface area contributed by atoms with Crippen molar-refractivity contribution in [1.82, 2.24) is 4.57 Å². The number of rotatable bonds is 4. The van der Waals surface area contributed by atoms with Crippen LogP contribution in [0.5, 0.6) is 0 Å². The van der Waals surface area contributed by atoms with Crippen LogP contribution < -0.4 is 5.73 Å². The molecule has 1 aliphatic rings. The van der Waals surface area contributed by atoms with Crippen molar-refractivity contribution in [3.8, 4) is 0 Å². The lowest BCUT2D eigenvalue weighted by atomic mass is 10.1. The maximum Gasteiger partial charge on any atom is 0.0470 e. The van der Waals surface area contributed by atoms with E-state index < -0.39 is 0 Å². The van der Waals surface area contributed by atoms with Crippen LogP contribution in [-0.4, -0.2) is 4.57 Å². The van der Waals surface area contributed by atoms with Crippen molar-refractivity contribution in [2.24, 2.45) is 11.7 Å². The predicted octanol–water partition coefficient (Wildman–Crippen LogP) is 3.71. The molecule has 1 aromatic carbocycles. The van der Waals surface area contributed by atoms with Crippen molar-refractivity contribution in [3.05, 3.63) is 58.3 Å². The fraction of sp³-hybridized carbons (Fsp3) is 0.333. The van der Waals surface area contributed by atoms with Gasteiger partial charge in [-0.1, -0.05) is 28.1 Å². The molecule has 0 aliphatic heterocycles. The number of benzene rings is 1. The lowest BCUT2D eigenvalue weighted by Crippen LogP contribution is -2.11. The summed E-state index contributed by atoms with van der Waals surface area (Å²) in [5.41, 5.74) is 8.78. The Labute approximate surface area is 116 Å². The van der Waals surface area contributed by atoms with E-state index in [1.54, 1.807) is 0 Å². The third kappa shape index (κ3) is 2.68. The Hall–Kier alpha value is -1.06. The molecule has 3 heteroatoms. The van der Waals surface area contributed by atoms with Crippen LogP contribution in [0.25, 0.3) is 0 Å². The van der Waals surface area contributed by atoms with Crippen LogP contribution in [0.15, 0.2) is 47.2 Å². The number of nitrogens with zero attached hydrogens (tertiary/aromatic N) is 1. The molecule has 3 rings (SSSR count). The van der Waals surface area contributed by atoms with Crippen LogP contribution in [0.4, 0.5) is 0 Å². The molecule has 0 radical (unpaired) electrons. The Kier molecular flexibility index (Phi) is 3.27. The van der Waals surface area contributed by atoms with E-state index in [9.17, 15) is 0 Å². The summed E-state index contributed by atoms with van der Waals surface area (Å²) in [6, 6.07) is 10.8. The minimum Gasteiger partial charge on any atom is -0.350 e. The topological polar surface area (TPSA) is 30.9 Å². The van der Waals surface area contributed by atoms with Gasteiger partial charge in [-0.05, 0) is 48.1 Å². The monoisotopic (exact) mass is 304 g/mol. The molecule has 0 spiro atoms. The van der Waals surface area contributed by atoms with E-state index in [2.05, 4.69) is 57.2 Å². The van der Waals surface area contributed by atoms with Crippen molar-refractivity contribution < 1.29 is 0 Å². The molecule has 94 valence electrons. The molecular weight excluding hydrogens is 288 g/mol. The van der Waals surface area contributed by atoms with Gasteiger partial charge >= 0.3 is 0 Å². The van der Waals surface area contributed by atoms with Crippen molar-refractivity contribution in [1.29, 1.82) is 0 Å². The average Bonchev–Trinajstić information content (AvgIpc) is 3.09. The maximum absolute atomic E-state index is 6.21. The fourth-order valence-corrected chi connectivity index (χ4v) is 2.78. The van der Waals surface area contributed by atoms with Gasteiger partial charge in [0.05, 0.1) is 0 Å². The van der Waals surface area contributed by atoms with E-state index >= 15 is 0 Å². The van der Waals surface area contributed by atoms with Gasteiger partial charge in [0.1, 0.15) is 0 Å². The molecule has 2 nitrogen and oxygen atoms in total. The standard InChI is InChI=1S/C15H17BrN2/c16-14-3-1-2-11(8-14)9-18-7-6-13(10-18)15(17)12-4-5-12/h1-3,6-8,10,12,15H,4-5,9,17H2. The van der Waals surface area contributed by atoms with Crippen LogP contribution in [0.1, 0.15) is 30.0 Å². The Morgan fingerprint density at radius 1 is 1.33 bits per heavy atom. The summed E-state index contributed by atoms with van der Waals surface area (Å²) in [5, 5.41) is 0. The zero-order chi connectivity index (χ0) is 12.5. The largest absolute Gasteiger partial charge is 0.350 e. The first-order valence-corrected chi connectivity index (χ1v) is 7.17. The highest BCUT2D eigenvalue weighted by Gasteiger charge is 2.29. The summed E-state index contributed by atoms with van der Waals surface area (Å²) in [6.45, 7) is 0.900. The molecule has 2 aromatic rings. The molecule has 0 bridgehead atoms. The van der Waals surface area contributed by atoms with Gasteiger partial charge in [-0.2, -0.15) is 0 Å². The lowest BCUT2D eigenvalue weighted by Gasteiger charge is -2.07. The summed E-state index contributed by atoms with van der Waals surface area (Å²) >= 11 is 3.50. The Bertz CT molecular complexity index is 543. The summed E-state index contributed by atoms with van der Waals surface area (Å²) in [5.74, 6) is 0.715. The van der Waals surface area contributed by atoms with Crippen molar-refractivity contribution >= 4 is 15.9 Å². The van der Waals surface area contributed by atoms with Crippen molar-refractivity contribution in [3.63, 3.8) is 0 Å². The molecule has 1 fully saturated rings. The summed E-state index contributed by atoms with van der Waals surface area (Å²) in [7, 11) is 0. The minimum atomic E-state index is 0.230. The van der Waals surface area contributed by atoms with Gasteiger partial charge in [0, 0.05) is 29.5 Å². The molecular formula is C15H17BrN2. The normalized spacial score (nSPS) is 16.8. The molecule has 1 heterocycles. The van der Waals surface area contributed by atoms with Crippen LogP contribution in [-0.2, 0) is 6.54 Å². The minimum absolute atomic E-state index is 0.230. The van der Waals surface area contributed by atoms with Gasteiger partial charge in [-0.3, -0.25) is 0 Å². The fourth-order valence-electron chi connectivity index (χ4n) is 2.33. The number of halogens is 1. The highest BCUT2D eigenvalue weighted by atomic mass is 79.9. The van der Waals surface area contributed by atoms with Crippen molar-refractivity contribution in [2.75, 3.05) is 0 Å². The molecule has 1 aliphatic carbocycles. The maximum atomic E-state index is 6.21. The van der Waals surface area contributed by atoms with Crippen LogP contribution in [0, 0.1) is 5.92 Å². The molecule has 18 heavy (non-hydrogen) atoms. The molecule has 1 saturated carbocycles. The molecule has 1 unspecified atom stereocenters. The predicted molar refractivity (Wildman–Crippen MR) is 77.3 cm³/mol. The van der Waals surface area contributed by atoms with Gasteiger partial charge in [-0.25, -0.2) is 0 Å². The number of nitrogens with two attached hydrogens (primary N) is 1. The second kappa shape index (κ2) is 4.90. The number of hydrogen-bond donors (Lipinski definition) is 1. The molecule has 2 N–H and O–H groups in total. The van der Waals surface area contributed by atoms with Gasteiger partial charge in [0.2, 0.25) is 0 Å². The van der Waals surface area contributed by atoms with E-state index in [4.69, 9.17) is 5.73 Å². The van der Waals surface area contributed by atoms with E-state index in [1.807, 2.05) is 6.07 Å². The van der Waals surface area contributed by atoms with Gasteiger partial charge < -0.3 is 10.3 Å². The summed E-state index contributed by atoms with van der Waals surface area (Å²) in [6.07, 6.45) is 6.89. The van der Waals surface area contributed by atoms with E-state index in [0.29, 0.717) is 5.92 Å².